The lowest BCUT2D eigenvalue weighted by atomic mass is 10.1. The monoisotopic (exact) mass is 163 g/mol. The topological polar surface area (TPSA) is 26.0 Å². The maximum absolute atomic E-state index is 5.41. The summed E-state index contributed by atoms with van der Waals surface area (Å²) < 4.78 is 0. The predicted octanol–water partition coefficient (Wildman–Crippen LogP) is 2.93. The minimum absolute atomic E-state index is 0.581. The molecule has 0 aliphatic rings. The van der Waals surface area contributed by atoms with Crippen LogP contribution in [0.2, 0.25) is 0 Å². The number of hydrogen-bond acceptors (Lipinski definition) is 1. The van der Waals surface area contributed by atoms with E-state index in [4.69, 9.17) is 5.73 Å². The van der Waals surface area contributed by atoms with Gasteiger partial charge in [0.1, 0.15) is 0 Å². The Labute approximate surface area is 75.0 Å². The van der Waals surface area contributed by atoms with Crippen molar-refractivity contribution < 1.29 is 0 Å². The van der Waals surface area contributed by atoms with E-state index in [1.807, 2.05) is 25.2 Å². The van der Waals surface area contributed by atoms with E-state index in [2.05, 4.69) is 20.1 Å². The van der Waals surface area contributed by atoms with E-state index in [-0.39, 0.29) is 0 Å². The molecule has 0 bridgehead atoms. The highest BCUT2D eigenvalue weighted by atomic mass is 14.5. The van der Waals surface area contributed by atoms with Gasteiger partial charge in [-0.3, -0.25) is 0 Å². The summed E-state index contributed by atoms with van der Waals surface area (Å²) in [4.78, 5) is 0. The summed E-state index contributed by atoms with van der Waals surface area (Å²) in [5.41, 5.74) is 8.43. The van der Waals surface area contributed by atoms with Crippen LogP contribution in [0, 0.1) is 0 Å². The molecular weight excluding hydrogens is 146 g/mol. The van der Waals surface area contributed by atoms with Crippen LogP contribution < -0.4 is 5.73 Å². The Kier molecular flexibility index (Phi) is 4.86. The Morgan fingerprint density at radius 2 is 2.00 bits per heavy atom. The van der Waals surface area contributed by atoms with Gasteiger partial charge in [-0.25, -0.2) is 0 Å². The molecule has 0 radical (unpaired) electrons. The first-order valence-electron chi connectivity index (χ1n) is 4.06. The molecule has 0 aromatic carbocycles. The van der Waals surface area contributed by atoms with E-state index in [0.29, 0.717) is 5.70 Å². The van der Waals surface area contributed by atoms with Gasteiger partial charge in [-0.05, 0) is 30.6 Å². The normalized spacial score (nSPS) is 12.8. The second kappa shape index (κ2) is 5.42. The van der Waals surface area contributed by atoms with Gasteiger partial charge in [0.2, 0.25) is 0 Å². The fourth-order valence-electron chi connectivity index (χ4n) is 0.867. The van der Waals surface area contributed by atoms with Crippen molar-refractivity contribution in [2.45, 2.75) is 20.3 Å². The molecule has 0 saturated heterocycles. The molecule has 0 unspecified atom stereocenters. The van der Waals surface area contributed by atoms with Crippen LogP contribution in [0.1, 0.15) is 20.3 Å². The maximum atomic E-state index is 5.41. The van der Waals surface area contributed by atoms with Crippen LogP contribution in [0.3, 0.4) is 0 Å². The molecule has 0 saturated carbocycles. The molecule has 12 heavy (non-hydrogen) atoms. The second-order valence-corrected chi connectivity index (χ2v) is 2.67. The lowest BCUT2D eigenvalue weighted by molar-refractivity contribution is 1.12. The smallest absolute Gasteiger partial charge is 0.0241 e. The maximum Gasteiger partial charge on any atom is 0.0241 e. The van der Waals surface area contributed by atoms with Gasteiger partial charge < -0.3 is 5.73 Å². The quantitative estimate of drug-likeness (QED) is 0.633. The molecule has 0 aromatic heterocycles. The van der Waals surface area contributed by atoms with Crippen molar-refractivity contribution in [2.24, 2.45) is 5.73 Å². The van der Waals surface area contributed by atoms with E-state index >= 15 is 0 Å². The molecule has 0 heterocycles. The fourth-order valence-corrected chi connectivity index (χ4v) is 0.867. The van der Waals surface area contributed by atoms with Gasteiger partial charge in [0.05, 0.1) is 0 Å². The van der Waals surface area contributed by atoms with Crippen molar-refractivity contribution in [3.63, 3.8) is 0 Å². The van der Waals surface area contributed by atoms with Gasteiger partial charge in [0, 0.05) is 5.70 Å². The molecule has 66 valence electrons. The fraction of sp³-hybridized carbons (Fsp3) is 0.273. The van der Waals surface area contributed by atoms with Crippen molar-refractivity contribution in [1.29, 1.82) is 0 Å². The van der Waals surface area contributed by atoms with Gasteiger partial charge in [-0.1, -0.05) is 32.2 Å². The predicted molar refractivity (Wildman–Crippen MR) is 55.7 cm³/mol. The van der Waals surface area contributed by atoms with Crippen LogP contribution in [-0.4, -0.2) is 0 Å². The zero-order valence-electron chi connectivity index (χ0n) is 7.93. The number of rotatable bonds is 4. The van der Waals surface area contributed by atoms with E-state index in [1.54, 1.807) is 0 Å². The highest BCUT2D eigenvalue weighted by molar-refractivity contribution is 5.33. The summed E-state index contributed by atoms with van der Waals surface area (Å²) in [7, 11) is 0. The van der Waals surface area contributed by atoms with Gasteiger partial charge in [0.15, 0.2) is 0 Å². The Morgan fingerprint density at radius 3 is 2.33 bits per heavy atom. The van der Waals surface area contributed by atoms with Crippen molar-refractivity contribution in [2.75, 3.05) is 0 Å². The van der Waals surface area contributed by atoms with Crippen molar-refractivity contribution in [1.82, 2.24) is 0 Å². The highest BCUT2D eigenvalue weighted by Gasteiger charge is 1.91. The summed E-state index contributed by atoms with van der Waals surface area (Å²) in [5, 5.41) is 0. The molecule has 0 amide bonds. The van der Waals surface area contributed by atoms with E-state index in [1.165, 1.54) is 11.1 Å². The zero-order chi connectivity index (χ0) is 9.56. The Balaban J connectivity index is 4.58. The summed E-state index contributed by atoms with van der Waals surface area (Å²) in [6.07, 6.45) is 6.63. The van der Waals surface area contributed by atoms with Gasteiger partial charge >= 0.3 is 0 Å². The molecule has 0 aliphatic heterocycles. The molecular formula is C11H17N. The van der Waals surface area contributed by atoms with E-state index in [9.17, 15) is 0 Å². The second-order valence-electron chi connectivity index (χ2n) is 2.67. The lowest BCUT2D eigenvalue weighted by Crippen LogP contribution is -1.89. The first-order valence-corrected chi connectivity index (χ1v) is 4.06. The summed E-state index contributed by atoms with van der Waals surface area (Å²) in [6, 6.07) is 0. The summed E-state index contributed by atoms with van der Waals surface area (Å²) in [5.74, 6) is 0. The van der Waals surface area contributed by atoms with Crippen LogP contribution in [0.5, 0.6) is 0 Å². The molecule has 0 fully saturated rings. The Bertz CT molecular complexity index is 231. The average molecular weight is 163 g/mol. The SMILES string of the molecule is C=C/C(C)=C(/C=C/C(=C)N)CC. The number of allylic oxidation sites excluding steroid dienone is 5. The third-order valence-electron chi connectivity index (χ3n) is 1.69. The minimum atomic E-state index is 0.581. The van der Waals surface area contributed by atoms with Gasteiger partial charge in [0.25, 0.3) is 0 Å². The molecule has 0 aromatic rings. The molecule has 2 N–H and O–H groups in total. The number of nitrogens with two attached hydrogens (primary N) is 1. The first-order chi connectivity index (χ1) is 5.61. The Hall–Kier alpha value is -1.24. The van der Waals surface area contributed by atoms with Crippen molar-refractivity contribution >= 4 is 0 Å². The summed E-state index contributed by atoms with van der Waals surface area (Å²) >= 11 is 0. The lowest BCUT2D eigenvalue weighted by Gasteiger charge is -2.00. The van der Waals surface area contributed by atoms with E-state index < -0.39 is 0 Å². The average Bonchev–Trinajstić information content (AvgIpc) is 2.04. The third-order valence-corrected chi connectivity index (χ3v) is 1.69. The highest BCUT2D eigenvalue weighted by Crippen LogP contribution is 2.10. The molecule has 0 aliphatic carbocycles. The third kappa shape index (κ3) is 3.81. The zero-order valence-corrected chi connectivity index (χ0v) is 7.93. The number of hydrogen-bond donors (Lipinski definition) is 1. The molecule has 0 atom stereocenters. The molecule has 0 rings (SSSR count). The van der Waals surface area contributed by atoms with Crippen molar-refractivity contribution in [3.8, 4) is 0 Å². The Morgan fingerprint density at radius 1 is 1.42 bits per heavy atom. The first kappa shape index (κ1) is 10.8. The van der Waals surface area contributed by atoms with Crippen molar-refractivity contribution in [3.05, 3.63) is 48.2 Å². The molecule has 1 nitrogen and oxygen atoms in total. The molecule has 0 spiro atoms. The van der Waals surface area contributed by atoms with Crippen LogP contribution >= 0.6 is 0 Å². The van der Waals surface area contributed by atoms with E-state index in [0.717, 1.165) is 6.42 Å². The van der Waals surface area contributed by atoms with Crippen LogP contribution in [-0.2, 0) is 0 Å². The summed E-state index contributed by atoms with van der Waals surface area (Å²) in [6.45, 7) is 11.4. The van der Waals surface area contributed by atoms with Crippen LogP contribution in [0.15, 0.2) is 48.2 Å². The minimum Gasteiger partial charge on any atom is -0.399 e. The van der Waals surface area contributed by atoms with Crippen LogP contribution in [0.4, 0.5) is 0 Å². The van der Waals surface area contributed by atoms with Gasteiger partial charge in [-0.15, -0.1) is 0 Å². The van der Waals surface area contributed by atoms with Gasteiger partial charge in [-0.2, -0.15) is 0 Å². The standard InChI is InChI=1S/C11H17N/c1-5-9(3)11(6-2)8-7-10(4)12/h5,7-8H,1,4,6,12H2,2-3H3/b8-7+,11-9+. The molecule has 1 heteroatoms. The van der Waals surface area contributed by atoms with Crippen LogP contribution in [0.25, 0.3) is 0 Å². The largest absolute Gasteiger partial charge is 0.399 e.